The van der Waals surface area contributed by atoms with Crippen LogP contribution in [0.1, 0.15) is 0 Å². The minimum atomic E-state index is 0.863. The van der Waals surface area contributed by atoms with Crippen molar-refractivity contribution in [1.29, 1.82) is 0 Å². The zero-order valence-electron chi connectivity index (χ0n) is 76.1. The second kappa shape index (κ2) is 33.0. The first-order valence-corrected chi connectivity index (χ1v) is 47.8. The van der Waals surface area contributed by atoms with Crippen LogP contribution < -0.4 is 14.7 Å². The van der Waals surface area contributed by atoms with Gasteiger partial charge in [-0.3, -0.25) is 0 Å². The fraction of sp³-hybridized carbons (Fsp3) is 0. The summed E-state index contributed by atoms with van der Waals surface area (Å²) in [6.45, 7) is 0. The lowest BCUT2D eigenvalue weighted by Crippen LogP contribution is -2.11. The molecule has 0 aliphatic heterocycles. The molecule has 30 rings (SSSR count). The van der Waals surface area contributed by atoms with E-state index in [1.807, 2.05) is 66.7 Å². The molecule has 0 unspecified atom stereocenters. The summed E-state index contributed by atoms with van der Waals surface area (Å²) in [6, 6.07) is 173. The Morgan fingerprint density at radius 1 is 0.121 bits per heavy atom. The van der Waals surface area contributed by atoms with Crippen molar-refractivity contribution in [3.63, 3.8) is 0 Å². The van der Waals surface area contributed by atoms with Crippen LogP contribution in [0.15, 0.2) is 518 Å². The van der Waals surface area contributed by atoms with Crippen molar-refractivity contribution in [2.24, 2.45) is 0 Å². The number of anilines is 9. The molecular formula is C132H81N3O6. The fourth-order valence-corrected chi connectivity index (χ4v) is 22.0. The fourth-order valence-electron chi connectivity index (χ4n) is 22.0. The van der Waals surface area contributed by atoms with Gasteiger partial charge in [0.2, 0.25) is 0 Å². The molecule has 0 spiro atoms. The minimum Gasteiger partial charge on any atom is -0.456 e. The summed E-state index contributed by atoms with van der Waals surface area (Å²) < 4.78 is 38.4. The number of fused-ring (bicyclic) bond motifs is 30. The van der Waals surface area contributed by atoms with Crippen molar-refractivity contribution in [3.05, 3.63) is 491 Å². The maximum atomic E-state index is 6.62. The van der Waals surface area contributed by atoms with Crippen molar-refractivity contribution < 1.29 is 26.5 Å². The summed E-state index contributed by atoms with van der Waals surface area (Å²) >= 11 is 0. The van der Waals surface area contributed by atoms with Crippen LogP contribution in [-0.2, 0) is 0 Å². The van der Waals surface area contributed by atoms with Gasteiger partial charge in [0.25, 0.3) is 0 Å². The van der Waals surface area contributed by atoms with E-state index >= 15 is 0 Å². The molecular weight excluding hydrogens is 1720 g/mol. The van der Waals surface area contributed by atoms with E-state index in [9.17, 15) is 0 Å². The molecule has 0 radical (unpaired) electrons. The van der Waals surface area contributed by atoms with Gasteiger partial charge in [0.05, 0.1) is 33.8 Å². The summed E-state index contributed by atoms with van der Waals surface area (Å²) in [5, 5.41) is 27.7. The third kappa shape index (κ3) is 13.4. The molecule has 0 atom stereocenters. The molecule has 141 heavy (non-hydrogen) atoms. The Hall–Kier alpha value is -19.0. The number of para-hydroxylation sites is 7. The molecule has 0 aliphatic rings. The normalized spacial score (nSPS) is 11.8. The first kappa shape index (κ1) is 80.5. The van der Waals surface area contributed by atoms with E-state index in [2.05, 4.69) is 439 Å². The van der Waals surface area contributed by atoms with E-state index in [0.29, 0.717) is 0 Å². The van der Waals surface area contributed by atoms with E-state index in [1.54, 1.807) is 0 Å². The zero-order valence-corrected chi connectivity index (χ0v) is 76.1. The second-order valence-electron chi connectivity index (χ2n) is 36.2. The predicted molar refractivity (Wildman–Crippen MR) is 588 cm³/mol. The van der Waals surface area contributed by atoms with Crippen LogP contribution in [0.5, 0.6) is 0 Å². The van der Waals surface area contributed by atoms with Crippen LogP contribution in [-0.4, -0.2) is 0 Å². The Morgan fingerprint density at radius 2 is 0.376 bits per heavy atom. The molecule has 30 aromatic rings. The molecule has 660 valence electrons. The monoisotopic (exact) mass is 1800 g/mol. The van der Waals surface area contributed by atoms with Gasteiger partial charge in [0, 0.05) is 120 Å². The first-order valence-electron chi connectivity index (χ1n) is 47.8. The van der Waals surface area contributed by atoms with Gasteiger partial charge in [0.15, 0.2) is 5.58 Å². The van der Waals surface area contributed by atoms with Gasteiger partial charge in [-0.25, -0.2) is 0 Å². The molecule has 6 aromatic heterocycles. The Labute approximate surface area is 807 Å². The van der Waals surface area contributed by atoms with Crippen molar-refractivity contribution in [2.75, 3.05) is 14.7 Å². The zero-order chi connectivity index (χ0) is 92.7. The van der Waals surface area contributed by atoms with E-state index in [-0.39, 0.29) is 0 Å². The maximum absolute atomic E-state index is 6.62. The Kier molecular flexibility index (Phi) is 18.8. The summed E-state index contributed by atoms with van der Waals surface area (Å²) in [5.41, 5.74) is 27.3. The van der Waals surface area contributed by atoms with Crippen LogP contribution >= 0.6 is 0 Å². The van der Waals surface area contributed by atoms with Crippen LogP contribution in [0.4, 0.5) is 51.2 Å². The van der Waals surface area contributed by atoms with E-state index in [4.69, 9.17) is 26.5 Å². The smallest absolute Gasteiger partial charge is 0.159 e. The number of hydrogen-bond donors (Lipinski definition) is 0. The number of hydrogen-bond acceptors (Lipinski definition) is 9. The third-order valence-corrected chi connectivity index (χ3v) is 28.4. The molecule has 0 saturated heterocycles. The quantitative estimate of drug-likeness (QED) is 0.111. The van der Waals surface area contributed by atoms with Gasteiger partial charge in [-0.15, -0.1) is 0 Å². The Bertz CT molecular complexity index is 10200. The number of rotatable bonds is 12. The van der Waals surface area contributed by atoms with E-state index in [0.717, 1.165) is 199 Å². The molecule has 9 heteroatoms. The second-order valence-corrected chi connectivity index (χ2v) is 36.2. The van der Waals surface area contributed by atoms with Gasteiger partial charge in [-0.1, -0.05) is 346 Å². The summed E-state index contributed by atoms with van der Waals surface area (Å²) in [7, 11) is 0. The van der Waals surface area contributed by atoms with Crippen molar-refractivity contribution in [1.82, 2.24) is 0 Å². The number of benzene rings is 24. The van der Waals surface area contributed by atoms with Crippen LogP contribution in [0.2, 0.25) is 0 Å². The van der Waals surface area contributed by atoms with Gasteiger partial charge in [-0.2, -0.15) is 0 Å². The van der Waals surface area contributed by atoms with Crippen LogP contribution in [0, 0.1) is 0 Å². The molecule has 9 nitrogen and oxygen atoms in total. The topological polar surface area (TPSA) is 88.6 Å². The third-order valence-electron chi connectivity index (χ3n) is 28.4. The molecule has 0 fully saturated rings. The highest BCUT2D eigenvalue weighted by atomic mass is 16.3. The lowest BCUT2D eigenvalue weighted by atomic mass is 9.96. The standard InChI is InChI=1S/3C44H27NO2/c1-2-10-28(11-3-1)29-20-24-31(25-21-29)45(38-17-9-15-35-33-12-4-6-18-39(33)47-44(35)38)37-16-8-14-34-32(37)26-22-30-23-27-41-43(42(30)34)36-13-5-7-19-40(36)46-41;1-2-10-28(11-3-1)29-20-24-31(25-21-29)45(37-16-9-19-40-43(37)34-12-4-6-17-38(34)46-40)36-15-8-14-33-32(36)26-22-30-23-27-41-44(42(30)33)35-13-5-7-18-39(35)47-41;1-2-9-28(10-3-1)29-17-21-31(22-18-29)45(32-23-25-35-34-11-4-6-15-39(34)47-42(35)27-32)38-14-8-13-36-33(38)24-19-30-20-26-41-44(43(30)36)37-12-5-7-16-40(37)46-41/h3*1-27H. The lowest BCUT2D eigenvalue weighted by Gasteiger charge is -2.28. The Balaban J connectivity index is 0.000000104. The average Bonchev–Trinajstić information content (AvgIpc) is 1.69. The molecule has 0 amide bonds. The predicted octanol–water partition coefficient (Wildman–Crippen LogP) is 38.8. The van der Waals surface area contributed by atoms with Crippen LogP contribution in [0.3, 0.4) is 0 Å². The molecule has 24 aromatic carbocycles. The molecule has 6 heterocycles. The molecule has 0 N–H and O–H groups in total. The van der Waals surface area contributed by atoms with Gasteiger partial charge in [-0.05, 0) is 205 Å². The van der Waals surface area contributed by atoms with Crippen molar-refractivity contribution >= 4 is 247 Å². The van der Waals surface area contributed by atoms with Crippen molar-refractivity contribution in [3.8, 4) is 33.4 Å². The highest BCUT2D eigenvalue weighted by Gasteiger charge is 2.28. The maximum Gasteiger partial charge on any atom is 0.159 e. The minimum absolute atomic E-state index is 0.863. The molecule has 0 aliphatic carbocycles. The van der Waals surface area contributed by atoms with Gasteiger partial charge < -0.3 is 41.2 Å². The SMILES string of the molecule is c1ccc(-c2ccc(N(c3ccc4c(c3)oc3ccccc34)c3cccc4c3ccc3ccc5oc6ccccc6c5c34)cc2)cc1.c1ccc(-c2ccc(N(c3cccc4c3ccc3ccc5oc6ccccc6c5c34)c3cccc4c3oc3ccccc34)cc2)cc1.c1ccc(-c2ccc(N(c3cccc4c3ccc3ccc5oc6ccccc6c5c34)c3cccc4oc5ccccc5c34)cc2)cc1. The molecule has 0 saturated carbocycles. The van der Waals surface area contributed by atoms with Crippen LogP contribution in [0.25, 0.3) is 230 Å². The summed E-state index contributed by atoms with van der Waals surface area (Å²) in [5.74, 6) is 0. The molecule has 0 bridgehead atoms. The number of furan rings is 6. The largest absolute Gasteiger partial charge is 0.456 e. The van der Waals surface area contributed by atoms with E-state index < -0.39 is 0 Å². The Morgan fingerprint density at radius 3 is 0.794 bits per heavy atom. The van der Waals surface area contributed by atoms with Crippen molar-refractivity contribution in [2.45, 2.75) is 0 Å². The average molecular weight is 1810 g/mol. The lowest BCUT2D eigenvalue weighted by molar-refractivity contribution is 0.668. The highest BCUT2D eigenvalue weighted by Crippen LogP contribution is 2.53. The van der Waals surface area contributed by atoms with Gasteiger partial charge >= 0.3 is 0 Å². The van der Waals surface area contributed by atoms with E-state index in [1.165, 1.54) is 81.9 Å². The first-order chi connectivity index (χ1) is 69.9. The number of nitrogens with zero attached hydrogens (tertiary/aromatic N) is 3. The summed E-state index contributed by atoms with van der Waals surface area (Å²) in [6.07, 6.45) is 0. The van der Waals surface area contributed by atoms with Gasteiger partial charge in [0.1, 0.15) is 61.4 Å². The summed E-state index contributed by atoms with van der Waals surface area (Å²) in [4.78, 5) is 7.09. The highest BCUT2D eigenvalue weighted by molar-refractivity contribution is 6.32.